The van der Waals surface area contributed by atoms with E-state index in [4.69, 9.17) is 4.74 Å². The van der Waals surface area contributed by atoms with E-state index in [1.54, 1.807) is 11.8 Å². The summed E-state index contributed by atoms with van der Waals surface area (Å²) in [6.07, 6.45) is 2.06. The molecule has 4 heteroatoms. The van der Waals surface area contributed by atoms with E-state index in [-0.39, 0.29) is 6.04 Å². The minimum absolute atomic E-state index is 0.0390. The predicted octanol–water partition coefficient (Wildman–Crippen LogP) is 2.21. The van der Waals surface area contributed by atoms with Gasteiger partial charge in [-0.25, -0.2) is 0 Å². The maximum Gasteiger partial charge on any atom is 0.123 e. The number of thioether (sulfide) groups is 1. The average Bonchev–Trinajstić information content (AvgIpc) is 2.34. The standard InChI is InChI=1S/C13H16N2OS/c1-15-12(13(7-14)8-16-9-13)10-3-5-11(17-2)6-4-10/h3-6,12,15H,8-9H2,1-2H3. The summed E-state index contributed by atoms with van der Waals surface area (Å²) in [6.45, 7) is 1.03. The molecule has 1 heterocycles. The molecule has 17 heavy (non-hydrogen) atoms. The molecule has 3 nitrogen and oxygen atoms in total. The van der Waals surface area contributed by atoms with Gasteiger partial charge in [0, 0.05) is 4.90 Å². The summed E-state index contributed by atoms with van der Waals surface area (Å²) in [4.78, 5) is 1.24. The van der Waals surface area contributed by atoms with Crippen LogP contribution in [0.5, 0.6) is 0 Å². The highest BCUT2D eigenvalue weighted by molar-refractivity contribution is 7.98. The SMILES string of the molecule is CNC(c1ccc(SC)cc1)C1(C#N)COC1. The molecule has 1 saturated heterocycles. The number of hydrogen-bond donors (Lipinski definition) is 1. The Kier molecular flexibility index (Phi) is 3.72. The second kappa shape index (κ2) is 5.09. The van der Waals surface area contributed by atoms with E-state index in [1.807, 2.05) is 7.05 Å². The molecule has 0 spiro atoms. The van der Waals surface area contributed by atoms with Crippen LogP contribution in [0.1, 0.15) is 11.6 Å². The fourth-order valence-electron chi connectivity index (χ4n) is 2.18. The van der Waals surface area contributed by atoms with E-state index in [1.165, 1.54) is 4.90 Å². The van der Waals surface area contributed by atoms with Crippen LogP contribution in [0.4, 0.5) is 0 Å². The topological polar surface area (TPSA) is 45.0 Å². The van der Waals surface area contributed by atoms with Crippen molar-refractivity contribution in [3.8, 4) is 6.07 Å². The zero-order valence-corrected chi connectivity index (χ0v) is 10.9. The van der Waals surface area contributed by atoms with Gasteiger partial charge >= 0.3 is 0 Å². The molecule has 1 fully saturated rings. The van der Waals surface area contributed by atoms with Gasteiger partial charge in [0.2, 0.25) is 0 Å². The fourth-order valence-corrected chi connectivity index (χ4v) is 2.58. The Balaban J connectivity index is 2.26. The van der Waals surface area contributed by atoms with Crippen LogP contribution < -0.4 is 5.32 Å². The molecule has 1 aromatic rings. The number of rotatable bonds is 4. The summed E-state index contributed by atoms with van der Waals surface area (Å²) < 4.78 is 5.21. The lowest BCUT2D eigenvalue weighted by atomic mass is 9.76. The smallest absolute Gasteiger partial charge is 0.123 e. The summed E-state index contributed by atoms with van der Waals surface area (Å²) >= 11 is 1.72. The summed E-state index contributed by atoms with van der Waals surface area (Å²) in [5, 5.41) is 12.6. The van der Waals surface area contributed by atoms with Crippen LogP contribution in [-0.2, 0) is 4.74 Å². The lowest BCUT2D eigenvalue weighted by Gasteiger charge is -2.41. The Morgan fingerprint density at radius 1 is 1.41 bits per heavy atom. The number of hydrogen-bond acceptors (Lipinski definition) is 4. The Hall–Kier alpha value is -1.02. The van der Waals surface area contributed by atoms with Crippen molar-refractivity contribution in [1.29, 1.82) is 5.26 Å². The normalized spacial score (nSPS) is 19.1. The van der Waals surface area contributed by atoms with Crippen molar-refractivity contribution in [1.82, 2.24) is 5.32 Å². The third-order valence-electron chi connectivity index (χ3n) is 3.23. The first-order valence-electron chi connectivity index (χ1n) is 5.56. The largest absolute Gasteiger partial charge is 0.378 e. The van der Waals surface area contributed by atoms with Gasteiger partial charge in [-0.15, -0.1) is 11.8 Å². The van der Waals surface area contributed by atoms with Crippen molar-refractivity contribution in [3.63, 3.8) is 0 Å². The van der Waals surface area contributed by atoms with Crippen LogP contribution in [0.25, 0.3) is 0 Å². The average molecular weight is 248 g/mol. The number of nitrogens with one attached hydrogen (secondary N) is 1. The lowest BCUT2D eigenvalue weighted by Crippen LogP contribution is -2.50. The fraction of sp³-hybridized carbons (Fsp3) is 0.462. The van der Waals surface area contributed by atoms with Crippen LogP contribution in [0, 0.1) is 16.7 Å². The van der Waals surface area contributed by atoms with Crippen molar-refractivity contribution >= 4 is 11.8 Å². The van der Waals surface area contributed by atoms with Gasteiger partial charge in [-0.1, -0.05) is 12.1 Å². The molecule has 1 N–H and O–H groups in total. The lowest BCUT2D eigenvalue weighted by molar-refractivity contribution is -0.0963. The summed E-state index contributed by atoms with van der Waals surface area (Å²) in [5.41, 5.74) is 0.741. The minimum atomic E-state index is -0.407. The third-order valence-corrected chi connectivity index (χ3v) is 3.98. The molecule has 0 bridgehead atoms. The van der Waals surface area contributed by atoms with E-state index in [0.717, 1.165) is 5.56 Å². The molecule has 1 unspecified atom stereocenters. The second-order valence-corrected chi connectivity index (χ2v) is 5.14. The molecule has 2 rings (SSSR count). The molecule has 0 amide bonds. The Morgan fingerprint density at radius 3 is 2.41 bits per heavy atom. The van der Waals surface area contributed by atoms with Crippen molar-refractivity contribution in [3.05, 3.63) is 29.8 Å². The van der Waals surface area contributed by atoms with Gasteiger partial charge in [-0.05, 0) is 31.0 Å². The zero-order chi connectivity index (χ0) is 12.3. The first-order chi connectivity index (χ1) is 8.25. The van der Waals surface area contributed by atoms with Gasteiger partial charge in [-0.2, -0.15) is 5.26 Å². The van der Waals surface area contributed by atoms with Crippen LogP contribution in [-0.4, -0.2) is 26.5 Å². The van der Waals surface area contributed by atoms with Crippen LogP contribution in [0.15, 0.2) is 29.2 Å². The number of nitrogens with zero attached hydrogens (tertiary/aromatic N) is 1. The van der Waals surface area contributed by atoms with Crippen molar-refractivity contribution in [2.45, 2.75) is 10.9 Å². The van der Waals surface area contributed by atoms with Crippen molar-refractivity contribution in [2.75, 3.05) is 26.5 Å². The molecule has 90 valence electrons. The number of benzene rings is 1. The first kappa shape index (κ1) is 12.4. The Labute approximate surface area is 106 Å². The minimum Gasteiger partial charge on any atom is -0.378 e. The molecule has 0 aromatic heterocycles. The molecule has 1 aromatic carbocycles. The van der Waals surface area contributed by atoms with Crippen LogP contribution in [0.2, 0.25) is 0 Å². The monoisotopic (exact) mass is 248 g/mol. The van der Waals surface area contributed by atoms with E-state index in [9.17, 15) is 5.26 Å². The maximum atomic E-state index is 9.33. The van der Waals surface area contributed by atoms with Gasteiger partial charge in [0.1, 0.15) is 5.41 Å². The van der Waals surface area contributed by atoms with Crippen LogP contribution in [0.3, 0.4) is 0 Å². The molecule has 0 saturated carbocycles. The molecule has 0 radical (unpaired) electrons. The van der Waals surface area contributed by atoms with Gasteiger partial charge < -0.3 is 10.1 Å². The maximum absolute atomic E-state index is 9.33. The predicted molar refractivity (Wildman–Crippen MR) is 68.9 cm³/mol. The number of nitriles is 1. The molecule has 1 aliphatic heterocycles. The van der Waals surface area contributed by atoms with Crippen LogP contribution >= 0.6 is 11.8 Å². The van der Waals surface area contributed by atoms with Gasteiger partial charge in [0.05, 0.1) is 25.3 Å². The third kappa shape index (κ3) is 2.19. The summed E-state index contributed by atoms with van der Waals surface area (Å²) in [6, 6.07) is 10.8. The first-order valence-corrected chi connectivity index (χ1v) is 6.78. The quantitative estimate of drug-likeness (QED) is 0.830. The number of ether oxygens (including phenoxy) is 1. The second-order valence-electron chi connectivity index (χ2n) is 4.26. The highest BCUT2D eigenvalue weighted by Gasteiger charge is 2.46. The summed E-state index contributed by atoms with van der Waals surface area (Å²) in [5.74, 6) is 0. The van der Waals surface area contributed by atoms with E-state index < -0.39 is 5.41 Å². The van der Waals surface area contributed by atoms with Gasteiger partial charge in [0.15, 0.2) is 0 Å². The Morgan fingerprint density at radius 2 is 2.06 bits per heavy atom. The Bertz CT molecular complexity index is 420. The van der Waals surface area contributed by atoms with E-state index in [2.05, 4.69) is 41.9 Å². The van der Waals surface area contributed by atoms with Gasteiger partial charge in [-0.3, -0.25) is 0 Å². The van der Waals surface area contributed by atoms with Crippen molar-refractivity contribution < 1.29 is 4.74 Å². The summed E-state index contributed by atoms with van der Waals surface area (Å²) in [7, 11) is 1.89. The zero-order valence-electron chi connectivity index (χ0n) is 10.1. The molecule has 0 aliphatic carbocycles. The molecule has 1 aliphatic rings. The molecular formula is C13H16N2OS. The van der Waals surface area contributed by atoms with Crippen molar-refractivity contribution in [2.24, 2.45) is 5.41 Å². The highest BCUT2D eigenvalue weighted by Crippen LogP contribution is 2.40. The van der Waals surface area contributed by atoms with E-state index in [0.29, 0.717) is 13.2 Å². The molecule has 1 atom stereocenters. The van der Waals surface area contributed by atoms with E-state index >= 15 is 0 Å². The van der Waals surface area contributed by atoms with Gasteiger partial charge in [0.25, 0.3) is 0 Å². The highest BCUT2D eigenvalue weighted by atomic mass is 32.2. The molecular weight excluding hydrogens is 232 g/mol.